The SMILES string of the molecule is CCCCNc1nc(N)ncc1OCCOc1cccc(OC)c1OC. The Morgan fingerprint density at radius 3 is 2.46 bits per heavy atom. The fourth-order valence-electron chi connectivity index (χ4n) is 2.27. The van der Waals surface area contributed by atoms with E-state index in [4.69, 9.17) is 24.7 Å². The molecule has 1 heterocycles. The van der Waals surface area contributed by atoms with Gasteiger partial charge in [-0.2, -0.15) is 4.98 Å². The van der Waals surface area contributed by atoms with E-state index in [-0.39, 0.29) is 5.95 Å². The Morgan fingerprint density at radius 1 is 1.04 bits per heavy atom. The van der Waals surface area contributed by atoms with Gasteiger partial charge in [0.05, 0.1) is 20.4 Å². The lowest BCUT2D eigenvalue weighted by atomic mass is 10.3. The predicted octanol–water partition coefficient (Wildman–Crippen LogP) is 2.75. The van der Waals surface area contributed by atoms with E-state index in [0.29, 0.717) is 42.0 Å². The summed E-state index contributed by atoms with van der Waals surface area (Å²) >= 11 is 0. The molecule has 0 saturated carbocycles. The molecule has 142 valence electrons. The van der Waals surface area contributed by atoms with E-state index in [9.17, 15) is 0 Å². The zero-order chi connectivity index (χ0) is 18.8. The highest BCUT2D eigenvalue weighted by molar-refractivity contribution is 5.52. The summed E-state index contributed by atoms with van der Waals surface area (Å²) in [5.74, 6) is 3.08. The van der Waals surface area contributed by atoms with E-state index >= 15 is 0 Å². The number of rotatable bonds is 11. The molecule has 3 N–H and O–H groups in total. The second-order valence-corrected chi connectivity index (χ2v) is 5.41. The Kier molecular flexibility index (Phi) is 7.60. The number of nitrogens with zero attached hydrogens (tertiary/aromatic N) is 2. The highest BCUT2D eigenvalue weighted by Crippen LogP contribution is 2.36. The Morgan fingerprint density at radius 2 is 1.77 bits per heavy atom. The lowest BCUT2D eigenvalue weighted by Crippen LogP contribution is -2.13. The first kappa shape index (κ1) is 19.4. The molecule has 0 amide bonds. The smallest absolute Gasteiger partial charge is 0.222 e. The molecule has 0 bridgehead atoms. The van der Waals surface area contributed by atoms with E-state index in [2.05, 4.69) is 22.2 Å². The molecule has 0 saturated heterocycles. The molecule has 8 heteroatoms. The maximum Gasteiger partial charge on any atom is 0.222 e. The normalized spacial score (nSPS) is 10.3. The Labute approximate surface area is 153 Å². The van der Waals surface area contributed by atoms with Gasteiger partial charge in [-0.25, -0.2) is 4.98 Å². The fourth-order valence-corrected chi connectivity index (χ4v) is 2.27. The van der Waals surface area contributed by atoms with E-state index < -0.39 is 0 Å². The lowest BCUT2D eigenvalue weighted by Gasteiger charge is -2.15. The molecule has 0 aliphatic heterocycles. The number of aromatic nitrogens is 2. The summed E-state index contributed by atoms with van der Waals surface area (Å²) in [5, 5.41) is 3.21. The van der Waals surface area contributed by atoms with Crippen LogP contribution in [0, 0.1) is 0 Å². The molecular formula is C18H26N4O4. The first-order valence-corrected chi connectivity index (χ1v) is 8.52. The van der Waals surface area contributed by atoms with E-state index in [0.717, 1.165) is 19.4 Å². The molecule has 0 radical (unpaired) electrons. The van der Waals surface area contributed by atoms with Crippen LogP contribution in [-0.2, 0) is 0 Å². The molecule has 26 heavy (non-hydrogen) atoms. The number of nitrogens with two attached hydrogens (primary N) is 1. The predicted molar refractivity (Wildman–Crippen MR) is 100 cm³/mol. The van der Waals surface area contributed by atoms with Crippen molar-refractivity contribution in [3.05, 3.63) is 24.4 Å². The van der Waals surface area contributed by atoms with Crippen LogP contribution in [0.2, 0.25) is 0 Å². The summed E-state index contributed by atoms with van der Waals surface area (Å²) in [4.78, 5) is 8.16. The second-order valence-electron chi connectivity index (χ2n) is 5.41. The largest absolute Gasteiger partial charge is 0.493 e. The summed E-state index contributed by atoms with van der Waals surface area (Å²) in [7, 11) is 3.15. The summed E-state index contributed by atoms with van der Waals surface area (Å²) in [6, 6.07) is 5.45. The van der Waals surface area contributed by atoms with Gasteiger partial charge in [0.2, 0.25) is 11.7 Å². The van der Waals surface area contributed by atoms with Gasteiger partial charge >= 0.3 is 0 Å². The van der Waals surface area contributed by atoms with Gasteiger partial charge < -0.3 is 30.0 Å². The zero-order valence-corrected chi connectivity index (χ0v) is 15.4. The molecular weight excluding hydrogens is 336 g/mol. The van der Waals surface area contributed by atoms with Gasteiger partial charge in [0, 0.05) is 6.54 Å². The Hall–Kier alpha value is -2.90. The van der Waals surface area contributed by atoms with Gasteiger partial charge in [0.15, 0.2) is 23.1 Å². The number of nitrogen functional groups attached to an aromatic ring is 1. The second kappa shape index (κ2) is 10.2. The minimum absolute atomic E-state index is 0.203. The van der Waals surface area contributed by atoms with Gasteiger partial charge in [-0.1, -0.05) is 19.4 Å². The van der Waals surface area contributed by atoms with Crippen molar-refractivity contribution in [2.45, 2.75) is 19.8 Å². The highest BCUT2D eigenvalue weighted by atomic mass is 16.5. The molecule has 2 aromatic rings. The van der Waals surface area contributed by atoms with Gasteiger partial charge in [-0.05, 0) is 18.6 Å². The number of nitrogens with one attached hydrogen (secondary N) is 1. The number of hydrogen-bond acceptors (Lipinski definition) is 8. The van der Waals surface area contributed by atoms with E-state index in [1.807, 2.05) is 18.2 Å². The first-order valence-electron chi connectivity index (χ1n) is 8.52. The van der Waals surface area contributed by atoms with Crippen molar-refractivity contribution in [1.29, 1.82) is 0 Å². The maximum atomic E-state index is 5.74. The first-order chi connectivity index (χ1) is 12.7. The summed E-state index contributed by atoms with van der Waals surface area (Å²) < 4.78 is 22.1. The molecule has 1 aromatic carbocycles. The summed E-state index contributed by atoms with van der Waals surface area (Å²) in [5.41, 5.74) is 5.65. The molecule has 0 aliphatic carbocycles. The van der Waals surface area contributed by atoms with Gasteiger partial charge in [-0.15, -0.1) is 0 Å². The minimum Gasteiger partial charge on any atom is -0.493 e. The van der Waals surface area contributed by atoms with Crippen molar-refractivity contribution in [2.75, 3.05) is 45.0 Å². The van der Waals surface area contributed by atoms with E-state index in [1.54, 1.807) is 20.4 Å². The highest BCUT2D eigenvalue weighted by Gasteiger charge is 2.11. The molecule has 2 rings (SSSR count). The van der Waals surface area contributed by atoms with Gasteiger partial charge in [0.25, 0.3) is 0 Å². The van der Waals surface area contributed by atoms with Crippen molar-refractivity contribution in [1.82, 2.24) is 9.97 Å². The van der Waals surface area contributed by atoms with Crippen LogP contribution in [0.25, 0.3) is 0 Å². The third-order valence-electron chi connectivity index (χ3n) is 3.56. The number of methoxy groups -OCH3 is 2. The van der Waals surface area contributed by atoms with Crippen molar-refractivity contribution in [3.63, 3.8) is 0 Å². The Balaban J connectivity index is 1.92. The van der Waals surface area contributed by atoms with Crippen LogP contribution >= 0.6 is 0 Å². The van der Waals surface area contributed by atoms with Gasteiger partial charge in [-0.3, -0.25) is 0 Å². The third kappa shape index (κ3) is 5.30. The molecule has 0 aliphatic rings. The summed E-state index contributed by atoms with van der Waals surface area (Å²) in [6.45, 7) is 3.55. The standard InChI is InChI=1S/C18H26N4O4/c1-4-5-9-20-17-15(12-21-18(19)22-17)26-11-10-25-14-8-6-7-13(23-2)16(14)24-3/h6-8,12H,4-5,9-11H2,1-3H3,(H3,19,20,21,22). The monoisotopic (exact) mass is 362 g/mol. The third-order valence-corrected chi connectivity index (χ3v) is 3.56. The van der Waals surface area contributed by atoms with Crippen LogP contribution in [0.5, 0.6) is 23.0 Å². The van der Waals surface area contributed by atoms with Crippen LogP contribution in [-0.4, -0.2) is 43.9 Å². The van der Waals surface area contributed by atoms with Crippen molar-refractivity contribution < 1.29 is 18.9 Å². The van der Waals surface area contributed by atoms with Crippen LogP contribution in [0.15, 0.2) is 24.4 Å². The minimum atomic E-state index is 0.203. The molecule has 0 spiro atoms. The average Bonchev–Trinajstić information content (AvgIpc) is 2.66. The molecule has 0 unspecified atom stereocenters. The number of unbranched alkanes of at least 4 members (excludes halogenated alkanes) is 1. The van der Waals surface area contributed by atoms with E-state index in [1.165, 1.54) is 0 Å². The molecule has 8 nitrogen and oxygen atoms in total. The number of anilines is 2. The van der Waals surface area contributed by atoms with Crippen LogP contribution in [0.3, 0.4) is 0 Å². The van der Waals surface area contributed by atoms with Crippen LogP contribution in [0.1, 0.15) is 19.8 Å². The Bertz CT molecular complexity index is 697. The number of hydrogen-bond donors (Lipinski definition) is 2. The van der Waals surface area contributed by atoms with Crippen molar-refractivity contribution in [3.8, 4) is 23.0 Å². The summed E-state index contributed by atoms with van der Waals surface area (Å²) in [6.07, 6.45) is 3.67. The number of ether oxygens (including phenoxy) is 4. The maximum absolute atomic E-state index is 5.74. The van der Waals surface area contributed by atoms with Crippen molar-refractivity contribution in [2.24, 2.45) is 0 Å². The average molecular weight is 362 g/mol. The van der Waals surface area contributed by atoms with Crippen molar-refractivity contribution >= 4 is 11.8 Å². The van der Waals surface area contributed by atoms with Gasteiger partial charge in [0.1, 0.15) is 13.2 Å². The topological polar surface area (TPSA) is 101 Å². The van der Waals surface area contributed by atoms with Crippen LogP contribution < -0.4 is 30.0 Å². The molecule has 0 fully saturated rings. The quantitative estimate of drug-likeness (QED) is 0.589. The fraction of sp³-hybridized carbons (Fsp3) is 0.444. The molecule has 0 atom stereocenters. The number of benzene rings is 1. The molecule has 1 aromatic heterocycles. The van der Waals surface area contributed by atoms with Crippen LogP contribution in [0.4, 0.5) is 11.8 Å². The number of para-hydroxylation sites is 1. The zero-order valence-electron chi connectivity index (χ0n) is 15.4. The lowest BCUT2D eigenvalue weighted by molar-refractivity contribution is 0.209.